The van der Waals surface area contributed by atoms with Crippen molar-refractivity contribution < 1.29 is 18.6 Å². The first-order chi connectivity index (χ1) is 17.8. The Kier molecular flexibility index (Phi) is 7.80. The molecule has 1 saturated heterocycles. The number of nitrogens with zero attached hydrogens (tertiary/aromatic N) is 1. The normalized spacial score (nSPS) is 26.4. The van der Waals surface area contributed by atoms with Crippen LogP contribution in [0.1, 0.15) is 84.3 Å². The molecule has 0 unspecified atom stereocenters. The minimum absolute atomic E-state index is 0.0391. The first-order valence-electron chi connectivity index (χ1n) is 14.4. The maximum absolute atomic E-state index is 7.49. The van der Waals surface area contributed by atoms with Crippen LogP contribution in [0.5, 0.6) is 11.5 Å². The van der Waals surface area contributed by atoms with Crippen molar-refractivity contribution in [1.29, 1.82) is 0 Å². The number of hydrogen-bond acceptors (Lipinski definition) is 5. The summed E-state index contributed by atoms with van der Waals surface area (Å²) in [5.41, 5.74) is 5.79. The van der Waals surface area contributed by atoms with Crippen LogP contribution < -0.4 is 9.47 Å². The minimum atomic E-state index is -2.12. The highest BCUT2D eigenvalue weighted by Gasteiger charge is 2.54. The molecule has 1 aromatic rings. The Balaban J connectivity index is 1.56. The predicted octanol–water partition coefficient (Wildman–Crippen LogP) is 6.78. The molecule has 4 atom stereocenters. The molecule has 0 aromatic heterocycles. The van der Waals surface area contributed by atoms with E-state index in [0.717, 1.165) is 50.3 Å². The van der Waals surface area contributed by atoms with Crippen LogP contribution in [0.15, 0.2) is 23.8 Å². The molecule has 0 N–H and O–H groups in total. The second-order valence-electron chi connectivity index (χ2n) is 12.2. The van der Waals surface area contributed by atoms with E-state index in [1.165, 1.54) is 16.7 Å². The van der Waals surface area contributed by atoms with Gasteiger partial charge in [-0.3, -0.25) is 4.90 Å². The monoisotopic (exact) mass is 523 g/mol. The summed E-state index contributed by atoms with van der Waals surface area (Å²) in [6, 6.07) is 4.82. The molecular weight excluding hydrogens is 478 g/mol. The third-order valence-corrected chi connectivity index (χ3v) is 15.4. The fourth-order valence-corrected chi connectivity index (χ4v) is 13.3. The molecule has 37 heavy (non-hydrogen) atoms. The zero-order valence-corrected chi connectivity index (χ0v) is 24.6. The molecule has 1 aliphatic carbocycles. The molecule has 4 aliphatic rings. The van der Waals surface area contributed by atoms with Crippen LogP contribution in [0.3, 0.4) is 0 Å². The van der Waals surface area contributed by atoms with E-state index < -0.39 is 8.32 Å². The van der Waals surface area contributed by atoms with E-state index in [1.54, 1.807) is 0 Å². The van der Waals surface area contributed by atoms with Gasteiger partial charge in [-0.25, -0.2) is 0 Å². The van der Waals surface area contributed by atoms with Gasteiger partial charge in [0.1, 0.15) is 0 Å². The van der Waals surface area contributed by atoms with Crippen LogP contribution >= 0.6 is 0 Å². The summed E-state index contributed by atoms with van der Waals surface area (Å²) >= 11 is 0. The van der Waals surface area contributed by atoms with Gasteiger partial charge < -0.3 is 18.6 Å². The Hall–Kier alpha value is -1.78. The minimum Gasteiger partial charge on any atom is -0.454 e. The van der Waals surface area contributed by atoms with Gasteiger partial charge in [0.05, 0.1) is 12.2 Å². The number of fused-ring (bicyclic) bond motifs is 3. The Morgan fingerprint density at radius 3 is 2.43 bits per heavy atom. The molecule has 0 bridgehead atoms. The molecule has 1 aromatic carbocycles. The Bertz CT molecular complexity index is 1040. The van der Waals surface area contributed by atoms with Gasteiger partial charge in [0.25, 0.3) is 0 Å². The number of terminal acetylenes is 1. The second-order valence-corrected chi connectivity index (χ2v) is 17.6. The number of hydrogen-bond donors (Lipinski definition) is 0. The summed E-state index contributed by atoms with van der Waals surface area (Å²) in [5, 5.41) is 0. The standard InChI is InChI=1S/C31H45NO4Si/c1-8-9-10-11-14-33-31-28(36-37(20(2)3,21(4)5)22(6)7)15-23-12-13-32-18-24-16-26-27(35-19-34-26)17-25(24)29(31)30(23)32/h1,15-17,20-22,28-31H,9-14,18-19H2,2-7H3/t28-,29-,30+,31+/m0/s1. The Morgan fingerprint density at radius 1 is 1.05 bits per heavy atom. The molecule has 0 saturated carbocycles. The highest BCUT2D eigenvalue weighted by Crippen LogP contribution is 2.52. The lowest BCUT2D eigenvalue weighted by molar-refractivity contribution is -0.0514. The van der Waals surface area contributed by atoms with E-state index in [1.807, 2.05) is 0 Å². The molecule has 5 nitrogen and oxygen atoms in total. The van der Waals surface area contributed by atoms with Crippen LogP contribution in [-0.2, 0) is 15.7 Å². The first-order valence-corrected chi connectivity index (χ1v) is 16.5. The highest BCUT2D eigenvalue weighted by atomic mass is 28.4. The van der Waals surface area contributed by atoms with Crippen LogP contribution in [0.2, 0.25) is 16.6 Å². The average Bonchev–Trinajstić information content (AvgIpc) is 3.48. The molecule has 1 fully saturated rings. The maximum Gasteiger partial charge on any atom is 0.231 e. The molecule has 0 amide bonds. The molecule has 202 valence electrons. The van der Waals surface area contributed by atoms with Crippen LogP contribution in [0, 0.1) is 12.3 Å². The smallest absolute Gasteiger partial charge is 0.231 e. The summed E-state index contributed by atoms with van der Waals surface area (Å²) in [7, 11) is -2.12. The Morgan fingerprint density at radius 2 is 1.76 bits per heavy atom. The summed E-state index contributed by atoms with van der Waals surface area (Å²) < 4.78 is 26.0. The number of unbranched alkanes of at least 4 members (excludes halogenated alkanes) is 2. The summed E-state index contributed by atoms with van der Waals surface area (Å²) in [6.07, 6.45) is 11.8. The third kappa shape index (κ3) is 4.67. The SMILES string of the molecule is C#CCCCCO[C@H]1[C@H]2c3cc4c(cc3CN3CCC(=C[C@@H]1O[Si](C(C)C)(C(C)C)C(C)C)[C@H]23)OCO4. The number of benzene rings is 1. The van der Waals surface area contributed by atoms with Crippen molar-refractivity contribution in [3.05, 3.63) is 34.9 Å². The van der Waals surface area contributed by atoms with E-state index in [2.05, 4.69) is 70.6 Å². The second kappa shape index (κ2) is 10.8. The maximum atomic E-state index is 7.49. The van der Waals surface area contributed by atoms with Gasteiger partial charge in [-0.1, -0.05) is 53.2 Å². The van der Waals surface area contributed by atoms with Crippen molar-refractivity contribution in [3.63, 3.8) is 0 Å². The van der Waals surface area contributed by atoms with Crippen LogP contribution in [0.25, 0.3) is 0 Å². The van der Waals surface area contributed by atoms with Crippen LogP contribution in [0.4, 0.5) is 0 Å². The van der Waals surface area contributed by atoms with Crippen molar-refractivity contribution in [2.75, 3.05) is 19.9 Å². The fraction of sp³-hybridized carbons (Fsp3) is 0.677. The lowest BCUT2D eigenvalue weighted by atomic mass is 9.73. The molecule has 0 spiro atoms. The molecule has 0 radical (unpaired) electrons. The zero-order valence-electron chi connectivity index (χ0n) is 23.6. The lowest BCUT2D eigenvalue weighted by Gasteiger charge is -2.51. The summed E-state index contributed by atoms with van der Waals surface area (Å²) in [4.78, 5) is 2.64. The van der Waals surface area contributed by atoms with Crippen LogP contribution in [-0.4, -0.2) is 51.4 Å². The van der Waals surface area contributed by atoms with Crippen molar-refractivity contribution in [2.24, 2.45) is 0 Å². The van der Waals surface area contributed by atoms with Gasteiger partial charge in [-0.2, -0.15) is 0 Å². The van der Waals surface area contributed by atoms with E-state index in [9.17, 15) is 0 Å². The molecule has 3 aliphatic heterocycles. The summed E-state index contributed by atoms with van der Waals surface area (Å²) in [5.74, 6) is 4.72. The van der Waals surface area contributed by atoms with Gasteiger partial charge in [-0.05, 0) is 59.1 Å². The van der Waals surface area contributed by atoms with Crippen molar-refractivity contribution in [2.45, 2.75) is 115 Å². The third-order valence-electron chi connectivity index (χ3n) is 9.30. The highest BCUT2D eigenvalue weighted by molar-refractivity contribution is 6.77. The van der Waals surface area contributed by atoms with Gasteiger partial charge in [0.2, 0.25) is 15.1 Å². The topological polar surface area (TPSA) is 40.2 Å². The first kappa shape index (κ1) is 26.8. The van der Waals surface area contributed by atoms with E-state index in [-0.39, 0.29) is 18.1 Å². The lowest BCUT2D eigenvalue weighted by Crippen LogP contribution is -2.57. The number of ether oxygens (including phenoxy) is 3. The molecular formula is C31H45NO4Si. The van der Waals surface area contributed by atoms with Gasteiger partial charge in [0.15, 0.2) is 11.5 Å². The molecule has 3 heterocycles. The van der Waals surface area contributed by atoms with E-state index in [4.69, 9.17) is 25.1 Å². The number of rotatable bonds is 10. The summed E-state index contributed by atoms with van der Waals surface area (Å²) in [6.45, 7) is 17.3. The quantitative estimate of drug-likeness (QED) is 0.146. The van der Waals surface area contributed by atoms with E-state index >= 15 is 0 Å². The van der Waals surface area contributed by atoms with Crippen molar-refractivity contribution in [3.8, 4) is 23.8 Å². The predicted molar refractivity (Wildman–Crippen MR) is 151 cm³/mol. The van der Waals surface area contributed by atoms with Crippen molar-refractivity contribution in [1.82, 2.24) is 4.90 Å². The van der Waals surface area contributed by atoms with E-state index in [0.29, 0.717) is 36.1 Å². The Labute approximate surface area is 225 Å². The molecule has 6 heteroatoms. The van der Waals surface area contributed by atoms with Gasteiger partial charge in [-0.15, -0.1) is 12.3 Å². The fourth-order valence-electron chi connectivity index (χ4n) is 7.81. The van der Waals surface area contributed by atoms with Gasteiger partial charge in [0, 0.05) is 38.1 Å². The molecule has 5 rings (SSSR count). The van der Waals surface area contributed by atoms with Crippen molar-refractivity contribution >= 4 is 8.32 Å². The zero-order chi connectivity index (χ0) is 26.3. The average molecular weight is 524 g/mol. The largest absolute Gasteiger partial charge is 0.454 e. The van der Waals surface area contributed by atoms with Gasteiger partial charge >= 0.3 is 0 Å².